The molecule has 5 heteroatoms. The average Bonchev–Trinajstić information content (AvgIpc) is 2.77. The first-order valence-corrected chi connectivity index (χ1v) is 5.17. The molecule has 1 saturated carbocycles. The van der Waals surface area contributed by atoms with Gasteiger partial charge in [-0.25, -0.2) is 4.68 Å². The normalized spacial score (nSPS) is 17.9. The lowest BCUT2D eigenvalue weighted by atomic mass is 10.3. The molecule has 82 valence electrons. The summed E-state index contributed by atoms with van der Waals surface area (Å²) in [5.41, 5.74) is 5.16. The molecule has 1 aliphatic rings. The van der Waals surface area contributed by atoms with Gasteiger partial charge in [0.1, 0.15) is 5.82 Å². The monoisotopic (exact) mass is 208 g/mol. The van der Waals surface area contributed by atoms with Crippen molar-refractivity contribution in [3.63, 3.8) is 0 Å². The standard InChI is InChI=1S/C10H16N4O/c1-7(2)14-8(3-6-12-14)13-9(15)10(11)4-5-10/h3,6-7H,4-5,11H2,1-2H3,(H,13,15). The average molecular weight is 208 g/mol. The molecular formula is C10H16N4O. The van der Waals surface area contributed by atoms with Gasteiger partial charge in [-0.2, -0.15) is 5.10 Å². The zero-order chi connectivity index (χ0) is 11.1. The number of hydrogen-bond donors (Lipinski definition) is 2. The van der Waals surface area contributed by atoms with Crippen molar-refractivity contribution in [3.8, 4) is 0 Å². The molecule has 15 heavy (non-hydrogen) atoms. The third-order valence-electron chi connectivity index (χ3n) is 2.64. The number of nitrogens with one attached hydrogen (secondary N) is 1. The Morgan fingerprint density at radius 3 is 2.87 bits per heavy atom. The number of aromatic nitrogens is 2. The van der Waals surface area contributed by atoms with Gasteiger partial charge in [-0.3, -0.25) is 4.79 Å². The molecule has 0 aliphatic heterocycles. The Labute approximate surface area is 88.6 Å². The van der Waals surface area contributed by atoms with Gasteiger partial charge < -0.3 is 11.1 Å². The van der Waals surface area contributed by atoms with Crippen LogP contribution in [0.15, 0.2) is 12.3 Å². The summed E-state index contributed by atoms with van der Waals surface area (Å²) >= 11 is 0. The number of nitrogens with two attached hydrogens (primary N) is 1. The van der Waals surface area contributed by atoms with Crippen molar-refractivity contribution in [1.82, 2.24) is 9.78 Å². The maximum absolute atomic E-state index is 11.7. The first-order valence-electron chi connectivity index (χ1n) is 5.17. The molecule has 0 unspecified atom stereocenters. The highest BCUT2D eigenvalue weighted by Crippen LogP contribution is 2.33. The number of amides is 1. The number of hydrogen-bond acceptors (Lipinski definition) is 3. The van der Waals surface area contributed by atoms with Crippen LogP contribution < -0.4 is 11.1 Å². The first-order chi connectivity index (χ1) is 7.03. The van der Waals surface area contributed by atoms with Crippen LogP contribution >= 0.6 is 0 Å². The van der Waals surface area contributed by atoms with Crippen LogP contribution in [0.4, 0.5) is 5.82 Å². The van der Waals surface area contributed by atoms with Crippen molar-refractivity contribution in [2.24, 2.45) is 5.73 Å². The van der Waals surface area contributed by atoms with Crippen LogP contribution in [0.25, 0.3) is 0 Å². The Morgan fingerprint density at radius 1 is 1.67 bits per heavy atom. The molecule has 1 aromatic rings. The Morgan fingerprint density at radius 2 is 2.33 bits per heavy atom. The summed E-state index contributed by atoms with van der Waals surface area (Å²) in [7, 11) is 0. The van der Waals surface area contributed by atoms with Crippen molar-refractivity contribution < 1.29 is 4.79 Å². The van der Waals surface area contributed by atoms with Gasteiger partial charge in [-0.05, 0) is 26.7 Å². The van der Waals surface area contributed by atoms with Crippen molar-refractivity contribution >= 4 is 11.7 Å². The maximum Gasteiger partial charge on any atom is 0.245 e. The van der Waals surface area contributed by atoms with E-state index in [4.69, 9.17) is 5.73 Å². The SMILES string of the molecule is CC(C)n1nccc1NC(=O)C1(N)CC1. The van der Waals surface area contributed by atoms with Gasteiger partial charge in [0.05, 0.1) is 11.7 Å². The molecule has 5 nitrogen and oxygen atoms in total. The Hall–Kier alpha value is -1.36. The number of nitrogens with zero attached hydrogens (tertiary/aromatic N) is 2. The fourth-order valence-corrected chi connectivity index (χ4v) is 1.43. The lowest BCUT2D eigenvalue weighted by Crippen LogP contribution is -2.38. The van der Waals surface area contributed by atoms with E-state index >= 15 is 0 Å². The highest BCUT2D eigenvalue weighted by atomic mass is 16.2. The topological polar surface area (TPSA) is 72.9 Å². The van der Waals surface area contributed by atoms with E-state index < -0.39 is 5.54 Å². The first kappa shape index (κ1) is 10.2. The second-order valence-electron chi connectivity index (χ2n) is 4.37. The van der Waals surface area contributed by atoms with Gasteiger partial charge in [0.2, 0.25) is 5.91 Å². The Balaban J connectivity index is 2.10. The third kappa shape index (κ3) is 1.87. The molecule has 2 rings (SSSR count). The molecule has 1 aromatic heterocycles. The number of anilines is 1. The minimum Gasteiger partial charge on any atom is -0.317 e. The summed E-state index contributed by atoms with van der Waals surface area (Å²) < 4.78 is 1.77. The summed E-state index contributed by atoms with van der Waals surface area (Å²) in [4.78, 5) is 11.7. The molecule has 1 amide bonds. The van der Waals surface area contributed by atoms with Crippen LogP contribution in [0.2, 0.25) is 0 Å². The zero-order valence-corrected chi connectivity index (χ0v) is 9.03. The number of rotatable bonds is 3. The van der Waals surface area contributed by atoms with Gasteiger partial charge in [-0.1, -0.05) is 0 Å². The van der Waals surface area contributed by atoms with Crippen molar-refractivity contribution in [3.05, 3.63) is 12.3 Å². The van der Waals surface area contributed by atoms with E-state index in [1.165, 1.54) is 0 Å². The van der Waals surface area contributed by atoms with Gasteiger partial charge in [0, 0.05) is 12.1 Å². The molecule has 0 bridgehead atoms. The molecule has 0 radical (unpaired) electrons. The molecule has 0 aromatic carbocycles. The Bertz CT molecular complexity index is 379. The van der Waals surface area contributed by atoms with Crippen LogP contribution in [0.5, 0.6) is 0 Å². The Kier molecular flexibility index (Phi) is 2.26. The fraction of sp³-hybridized carbons (Fsp3) is 0.600. The lowest BCUT2D eigenvalue weighted by molar-refractivity contribution is -0.118. The number of carbonyl (C=O) groups is 1. The molecular weight excluding hydrogens is 192 g/mol. The summed E-state index contributed by atoms with van der Waals surface area (Å²) in [6.45, 7) is 4.02. The van der Waals surface area contributed by atoms with Crippen molar-refractivity contribution in [2.75, 3.05) is 5.32 Å². The molecule has 1 heterocycles. The molecule has 1 aliphatic carbocycles. The summed E-state index contributed by atoms with van der Waals surface area (Å²) in [5, 5.41) is 6.94. The molecule has 3 N–H and O–H groups in total. The minimum absolute atomic E-state index is 0.107. The number of carbonyl (C=O) groups excluding carboxylic acids is 1. The predicted octanol–water partition coefficient (Wildman–Crippen LogP) is 0.894. The van der Waals surface area contributed by atoms with Gasteiger partial charge in [0.15, 0.2) is 0 Å². The highest BCUT2D eigenvalue weighted by Gasteiger charge is 2.46. The fourth-order valence-electron chi connectivity index (χ4n) is 1.43. The van der Waals surface area contributed by atoms with Gasteiger partial charge in [-0.15, -0.1) is 0 Å². The van der Waals surface area contributed by atoms with Gasteiger partial charge >= 0.3 is 0 Å². The largest absolute Gasteiger partial charge is 0.317 e. The third-order valence-corrected chi connectivity index (χ3v) is 2.64. The zero-order valence-electron chi connectivity index (χ0n) is 9.03. The summed E-state index contributed by atoms with van der Waals surface area (Å²) in [6, 6.07) is 2.01. The van der Waals surface area contributed by atoms with Crippen LogP contribution in [-0.4, -0.2) is 21.2 Å². The van der Waals surface area contributed by atoms with E-state index in [1.54, 1.807) is 16.9 Å². The second kappa shape index (κ2) is 3.34. The van der Waals surface area contributed by atoms with E-state index in [-0.39, 0.29) is 11.9 Å². The highest BCUT2D eigenvalue weighted by molar-refractivity contribution is 5.99. The maximum atomic E-state index is 11.7. The lowest BCUT2D eigenvalue weighted by Gasteiger charge is -2.13. The van der Waals surface area contributed by atoms with E-state index in [1.807, 2.05) is 13.8 Å². The summed E-state index contributed by atoms with van der Waals surface area (Å²) in [5.74, 6) is 0.608. The van der Waals surface area contributed by atoms with Gasteiger partial charge in [0.25, 0.3) is 0 Å². The quantitative estimate of drug-likeness (QED) is 0.775. The summed E-state index contributed by atoms with van der Waals surface area (Å²) in [6.07, 6.45) is 3.22. The van der Waals surface area contributed by atoms with Crippen LogP contribution in [0.1, 0.15) is 32.7 Å². The molecule has 1 fully saturated rings. The van der Waals surface area contributed by atoms with E-state index in [9.17, 15) is 4.79 Å². The molecule has 0 spiro atoms. The smallest absolute Gasteiger partial charge is 0.245 e. The minimum atomic E-state index is -0.633. The van der Waals surface area contributed by atoms with E-state index in [2.05, 4.69) is 10.4 Å². The van der Waals surface area contributed by atoms with Crippen molar-refractivity contribution in [2.45, 2.75) is 38.3 Å². The van der Waals surface area contributed by atoms with Crippen LogP contribution in [0, 0.1) is 0 Å². The van der Waals surface area contributed by atoms with E-state index in [0.717, 1.165) is 12.8 Å². The van der Waals surface area contributed by atoms with E-state index in [0.29, 0.717) is 5.82 Å². The predicted molar refractivity (Wildman–Crippen MR) is 57.4 cm³/mol. The molecule has 0 atom stereocenters. The van der Waals surface area contributed by atoms with Crippen LogP contribution in [0.3, 0.4) is 0 Å². The second-order valence-corrected chi connectivity index (χ2v) is 4.37. The van der Waals surface area contributed by atoms with Crippen LogP contribution in [-0.2, 0) is 4.79 Å². The molecule has 0 saturated heterocycles. The van der Waals surface area contributed by atoms with Crippen molar-refractivity contribution in [1.29, 1.82) is 0 Å².